The summed E-state index contributed by atoms with van der Waals surface area (Å²) < 4.78 is 3.95. The minimum atomic E-state index is 0.0866. The Morgan fingerprint density at radius 3 is 2.48 bits per heavy atom. The highest BCUT2D eigenvalue weighted by molar-refractivity contribution is 5.49. The Bertz CT molecular complexity index is 782. The molecule has 2 aliphatic rings. The maximum atomic E-state index is 12.8. The van der Waals surface area contributed by atoms with Crippen molar-refractivity contribution in [1.82, 2.24) is 9.36 Å². The van der Waals surface area contributed by atoms with Crippen LogP contribution in [-0.4, -0.2) is 9.36 Å². The molecule has 110 valence electrons. The van der Waals surface area contributed by atoms with Gasteiger partial charge in [0.05, 0.1) is 11.4 Å². The molecular weight excluding hydrogens is 260 g/mol. The highest BCUT2D eigenvalue weighted by atomic mass is 16.1. The molecule has 3 nitrogen and oxygen atoms in total. The highest BCUT2D eigenvalue weighted by Gasteiger charge is 2.62. The van der Waals surface area contributed by atoms with Crippen LogP contribution in [0.5, 0.6) is 0 Å². The summed E-state index contributed by atoms with van der Waals surface area (Å²) in [6.45, 7) is 7.01. The van der Waals surface area contributed by atoms with Crippen LogP contribution in [-0.2, 0) is 12.5 Å². The quantitative estimate of drug-likeness (QED) is 0.788. The Hall–Kier alpha value is -1.77. The molecular formula is C18H22N2O. The molecule has 0 aliphatic heterocycles. The number of aromatic nitrogens is 2. The van der Waals surface area contributed by atoms with Gasteiger partial charge in [-0.2, -0.15) is 0 Å². The molecule has 1 fully saturated rings. The molecule has 1 aromatic carbocycles. The third-order valence-corrected chi connectivity index (χ3v) is 6.39. The van der Waals surface area contributed by atoms with Gasteiger partial charge in [-0.25, -0.2) is 4.68 Å². The first kappa shape index (κ1) is 12.9. The molecule has 2 bridgehead atoms. The summed E-state index contributed by atoms with van der Waals surface area (Å²) in [6, 6.07) is 10.3. The van der Waals surface area contributed by atoms with Crippen molar-refractivity contribution >= 4 is 0 Å². The minimum absolute atomic E-state index is 0.0866. The van der Waals surface area contributed by atoms with Gasteiger partial charge in [-0.3, -0.25) is 9.48 Å². The zero-order valence-electron chi connectivity index (χ0n) is 13.2. The van der Waals surface area contributed by atoms with E-state index in [9.17, 15) is 4.79 Å². The van der Waals surface area contributed by atoms with Crippen LogP contribution in [0.2, 0.25) is 0 Å². The summed E-state index contributed by atoms with van der Waals surface area (Å²) in [5.41, 5.74) is 3.85. The van der Waals surface area contributed by atoms with Gasteiger partial charge in [-0.1, -0.05) is 39.0 Å². The Morgan fingerprint density at radius 1 is 1.14 bits per heavy atom. The molecule has 1 heterocycles. The lowest BCUT2D eigenvalue weighted by Gasteiger charge is -2.36. The number of benzene rings is 1. The second kappa shape index (κ2) is 3.70. The monoisotopic (exact) mass is 282 g/mol. The molecule has 2 aromatic rings. The van der Waals surface area contributed by atoms with Gasteiger partial charge in [-0.15, -0.1) is 0 Å². The number of fused-ring (bicyclic) bond motifs is 5. The fourth-order valence-corrected chi connectivity index (χ4v) is 4.78. The Kier molecular flexibility index (Phi) is 2.28. The second-order valence-corrected chi connectivity index (χ2v) is 7.38. The van der Waals surface area contributed by atoms with Gasteiger partial charge in [0.25, 0.3) is 5.56 Å². The molecule has 1 aromatic heterocycles. The first-order valence-electron chi connectivity index (χ1n) is 7.77. The lowest BCUT2D eigenvalue weighted by Crippen LogP contribution is -2.35. The van der Waals surface area contributed by atoms with Gasteiger partial charge in [0.1, 0.15) is 0 Å². The molecule has 1 saturated carbocycles. The van der Waals surface area contributed by atoms with Gasteiger partial charge in [0, 0.05) is 18.0 Å². The van der Waals surface area contributed by atoms with Crippen LogP contribution in [0, 0.1) is 5.41 Å². The molecule has 2 aliphatic carbocycles. The summed E-state index contributed by atoms with van der Waals surface area (Å²) in [5, 5.41) is 0. The van der Waals surface area contributed by atoms with Crippen molar-refractivity contribution in [2.45, 2.75) is 44.9 Å². The van der Waals surface area contributed by atoms with E-state index in [2.05, 4.69) is 37.6 Å². The van der Waals surface area contributed by atoms with Crippen molar-refractivity contribution in [3.8, 4) is 5.69 Å². The summed E-state index contributed by atoms with van der Waals surface area (Å²) in [4.78, 5) is 12.8. The smallest absolute Gasteiger partial charge is 0.267 e. The molecule has 2 atom stereocenters. The van der Waals surface area contributed by atoms with Gasteiger partial charge >= 0.3 is 0 Å². The number of rotatable bonds is 1. The topological polar surface area (TPSA) is 26.9 Å². The lowest BCUT2D eigenvalue weighted by atomic mass is 9.70. The lowest BCUT2D eigenvalue weighted by molar-refractivity contribution is 0.219. The van der Waals surface area contributed by atoms with Crippen molar-refractivity contribution < 1.29 is 0 Å². The van der Waals surface area contributed by atoms with Crippen molar-refractivity contribution in [3.63, 3.8) is 0 Å². The largest absolute Gasteiger partial charge is 0.270 e. The fourth-order valence-electron chi connectivity index (χ4n) is 4.78. The maximum Gasteiger partial charge on any atom is 0.270 e. The van der Waals surface area contributed by atoms with Crippen molar-refractivity contribution in [1.29, 1.82) is 0 Å². The zero-order valence-corrected chi connectivity index (χ0v) is 13.2. The molecule has 0 N–H and O–H groups in total. The number of nitrogens with zero attached hydrogens (tertiary/aromatic N) is 2. The Labute approximate surface area is 125 Å². The van der Waals surface area contributed by atoms with E-state index in [1.54, 1.807) is 4.68 Å². The molecule has 0 radical (unpaired) electrons. The Morgan fingerprint density at radius 2 is 1.81 bits per heavy atom. The van der Waals surface area contributed by atoms with E-state index in [1.165, 1.54) is 12.1 Å². The zero-order chi connectivity index (χ0) is 15.0. The fraction of sp³-hybridized carbons (Fsp3) is 0.500. The third-order valence-electron chi connectivity index (χ3n) is 6.39. The summed E-state index contributed by atoms with van der Waals surface area (Å²) >= 11 is 0. The molecule has 2 unspecified atom stereocenters. The van der Waals surface area contributed by atoms with Crippen LogP contribution in [0.4, 0.5) is 0 Å². The van der Waals surface area contributed by atoms with E-state index in [1.807, 2.05) is 25.2 Å². The van der Waals surface area contributed by atoms with Crippen LogP contribution < -0.4 is 5.56 Å². The number of hydrogen-bond donors (Lipinski definition) is 0. The molecule has 4 rings (SSSR count). The number of hydrogen-bond acceptors (Lipinski definition) is 1. The SMILES string of the molecule is Cn1c(=O)c2c(n1-c1ccccc1)C1(C)CCC2C1(C)C. The maximum absolute atomic E-state index is 12.8. The van der Waals surface area contributed by atoms with Gasteiger partial charge in [0.15, 0.2) is 0 Å². The van der Waals surface area contributed by atoms with E-state index in [4.69, 9.17) is 0 Å². The van der Waals surface area contributed by atoms with E-state index in [-0.39, 0.29) is 16.4 Å². The van der Waals surface area contributed by atoms with E-state index in [0.717, 1.165) is 17.7 Å². The normalized spacial score (nSPS) is 28.9. The van der Waals surface area contributed by atoms with E-state index in [0.29, 0.717) is 5.92 Å². The third kappa shape index (κ3) is 1.28. The van der Waals surface area contributed by atoms with Gasteiger partial charge in [-0.05, 0) is 36.3 Å². The standard InChI is InChI=1S/C18H22N2O/c1-17(2)13-10-11-18(17,3)15-14(13)16(21)19(4)20(15)12-8-6-5-7-9-12/h5-9,13H,10-11H2,1-4H3. The van der Waals surface area contributed by atoms with Crippen molar-refractivity contribution in [3.05, 3.63) is 51.9 Å². The summed E-state index contributed by atoms with van der Waals surface area (Å²) in [5.74, 6) is 0.404. The van der Waals surface area contributed by atoms with Crippen molar-refractivity contribution in [2.24, 2.45) is 12.5 Å². The molecule has 0 amide bonds. The predicted octanol–water partition coefficient (Wildman–Crippen LogP) is 3.35. The van der Waals surface area contributed by atoms with E-state index >= 15 is 0 Å². The van der Waals surface area contributed by atoms with Crippen LogP contribution in [0.3, 0.4) is 0 Å². The minimum Gasteiger partial charge on any atom is -0.267 e. The van der Waals surface area contributed by atoms with Crippen LogP contribution >= 0.6 is 0 Å². The second-order valence-electron chi connectivity index (χ2n) is 7.38. The predicted molar refractivity (Wildman–Crippen MR) is 84.1 cm³/mol. The van der Waals surface area contributed by atoms with Crippen LogP contribution in [0.15, 0.2) is 35.1 Å². The van der Waals surface area contributed by atoms with Gasteiger partial charge in [0.2, 0.25) is 0 Å². The van der Waals surface area contributed by atoms with Crippen molar-refractivity contribution in [2.75, 3.05) is 0 Å². The molecule has 3 heteroatoms. The Balaban J connectivity index is 2.10. The van der Waals surface area contributed by atoms with Gasteiger partial charge < -0.3 is 0 Å². The van der Waals surface area contributed by atoms with E-state index < -0.39 is 0 Å². The average molecular weight is 282 g/mol. The first-order valence-corrected chi connectivity index (χ1v) is 7.77. The molecule has 21 heavy (non-hydrogen) atoms. The van der Waals surface area contributed by atoms with Crippen LogP contribution in [0.1, 0.15) is 50.8 Å². The highest BCUT2D eigenvalue weighted by Crippen LogP contribution is 2.67. The average Bonchev–Trinajstić information content (AvgIpc) is 2.92. The van der Waals surface area contributed by atoms with Crippen LogP contribution in [0.25, 0.3) is 5.69 Å². The molecule has 0 saturated heterocycles. The molecule has 0 spiro atoms. The number of para-hydroxylation sites is 1. The summed E-state index contributed by atoms with van der Waals surface area (Å²) in [7, 11) is 1.89. The first-order chi connectivity index (χ1) is 9.89. The summed E-state index contributed by atoms with van der Waals surface area (Å²) in [6.07, 6.45) is 2.32.